The predicted molar refractivity (Wildman–Crippen MR) is 244 cm³/mol. The molecule has 4 heteroatoms. The Hall–Kier alpha value is -7.95. The van der Waals surface area contributed by atoms with Gasteiger partial charge in [-0.3, -0.25) is 0 Å². The molecule has 0 saturated heterocycles. The van der Waals surface area contributed by atoms with Crippen LogP contribution >= 0.6 is 0 Å². The molecule has 0 aliphatic rings. The Balaban J connectivity index is 0.959. The van der Waals surface area contributed by atoms with Crippen LogP contribution < -0.4 is 0 Å². The lowest BCUT2D eigenvalue weighted by Gasteiger charge is -2.16. The van der Waals surface area contributed by atoms with E-state index < -0.39 is 0 Å². The number of para-hydroxylation sites is 3. The van der Waals surface area contributed by atoms with Crippen molar-refractivity contribution in [2.45, 2.75) is 0 Å². The van der Waals surface area contributed by atoms with Crippen LogP contribution in [0.25, 0.3) is 111 Å². The Morgan fingerprint density at radius 1 is 0.339 bits per heavy atom. The summed E-state index contributed by atoms with van der Waals surface area (Å²) in [4.78, 5) is 5.01. The molecule has 3 aromatic heterocycles. The van der Waals surface area contributed by atoms with Gasteiger partial charge in [0.2, 0.25) is 5.89 Å². The smallest absolute Gasteiger partial charge is 0.227 e. The highest BCUT2D eigenvalue weighted by Crippen LogP contribution is 2.41. The Bertz CT molecular complexity index is 3540. The van der Waals surface area contributed by atoms with Crippen LogP contribution in [-0.4, -0.2) is 14.1 Å². The largest absolute Gasteiger partial charge is 0.436 e. The van der Waals surface area contributed by atoms with Gasteiger partial charge in [0.1, 0.15) is 5.52 Å². The summed E-state index contributed by atoms with van der Waals surface area (Å²) in [6.45, 7) is 0. The van der Waals surface area contributed by atoms with E-state index in [2.05, 4.69) is 221 Å². The quantitative estimate of drug-likeness (QED) is 0.169. The van der Waals surface area contributed by atoms with Gasteiger partial charge in [0.25, 0.3) is 0 Å². The third kappa shape index (κ3) is 5.42. The van der Waals surface area contributed by atoms with Crippen LogP contribution in [-0.2, 0) is 0 Å². The first-order valence-electron chi connectivity index (χ1n) is 20.0. The fourth-order valence-electron chi connectivity index (χ4n) is 8.99. The molecule has 0 aliphatic carbocycles. The summed E-state index contributed by atoms with van der Waals surface area (Å²) < 4.78 is 11.3. The maximum absolute atomic E-state index is 6.60. The summed E-state index contributed by atoms with van der Waals surface area (Å²) in [5.74, 6) is 0.606. The van der Waals surface area contributed by atoms with Crippen molar-refractivity contribution < 1.29 is 4.42 Å². The van der Waals surface area contributed by atoms with Gasteiger partial charge in [-0.05, 0) is 107 Å². The zero-order chi connectivity index (χ0) is 38.9. The van der Waals surface area contributed by atoms with Gasteiger partial charge in [-0.15, -0.1) is 0 Å². The minimum Gasteiger partial charge on any atom is -0.436 e. The first-order chi connectivity index (χ1) is 29.2. The number of aromatic nitrogens is 3. The van der Waals surface area contributed by atoms with Crippen LogP contribution in [0.3, 0.4) is 0 Å². The van der Waals surface area contributed by atoms with Crippen LogP contribution in [0.5, 0.6) is 0 Å². The standard InChI is InChI=1S/C55H35N3O/c1-4-14-36(15-5-1)38-25-29-51(45(32-38)37-16-6-2-7-17-37)58-50-23-13-11-21-44(50)47-34-41(27-31-53(47)58)55-56-48-28-24-40(35-54(48)59-55)39-26-30-52-46(33-39)43-20-10-12-22-49(43)57(52)42-18-8-3-9-19-42/h1-35H. The first kappa shape index (κ1) is 33.2. The predicted octanol–water partition coefficient (Wildman–Crippen LogP) is 14.7. The maximum atomic E-state index is 6.60. The normalized spacial score (nSPS) is 11.7. The SMILES string of the molecule is c1ccc(-c2ccc(-n3c4ccccc4c4cc(-c5nc6ccc(-c7ccc8c(c7)c7ccccc7n8-c7ccccc7)cc6o5)ccc43)c(-c3ccccc3)c2)cc1. The highest BCUT2D eigenvalue weighted by atomic mass is 16.3. The molecule has 4 nitrogen and oxygen atoms in total. The van der Waals surface area contributed by atoms with E-state index in [1.165, 1.54) is 49.4 Å². The molecule has 276 valence electrons. The van der Waals surface area contributed by atoms with E-state index in [0.29, 0.717) is 5.89 Å². The van der Waals surface area contributed by atoms with E-state index in [4.69, 9.17) is 9.40 Å². The second-order valence-electron chi connectivity index (χ2n) is 15.2. The molecule has 0 saturated carbocycles. The van der Waals surface area contributed by atoms with E-state index >= 15 is 0 Å². The molecular formula is C55H35N3O. The summed E-state index contributed by atoms with van der Waals surface area (Å²) in [5, 5.41) is 4.78. The lowest BCUT2D eigenvalue weighted by molar-refractivity contribution is 0.620. The lowest BCUT2D eigenvalue weighted by Crippen LogP contribution is -1.98. The third-order valence-electron chi connectivity index (χ3n) is 11.8. The summed E-state index contributed by atoms with van der Waals surface area (Å²) >= 11 is 0. The van der Waals surface area contributed by atoms with Crippen molar-refractivity contribution >= 4 is 54.7 Å². The van der Waals surface area contributed by atoms with Crippen molar-refractivity contribution in [1.82, 2.24) is 14.1 Å². The molecule has 0 amide bonds. The lowest BCUT2D eigenvalue weighted by atomic mass is 9.97. The van der Waals surface area contributed by atoms with Gasteiger partial charge in [0, 0.05) is 38.4 Å². The number of hydrogen-bond donors (Lipinski definition) is 0. The van der Waals surface area contributed by atoms with Crippen LogP contribution in [0.15, 0.2) is 217 Å². The molecule has 59 heavy (non-hydrogen) atoms. The summed E-state index contributed by atoms with van der Waals surface area (Å²) in [5.41, 5.74) is 16.4. The van der Waals surface area contributed by atoms with Crippen LogP contribution in [0, 0.1) is 0 Å². The molecule has 0 fully saturated rings. The zero-order valence-electron chi connectivity index (χ0n) is 32.0. The molecule has 9 aromatic carbocycles. The van der Waals surface area contributed by atoms with Gasteiger partial charge in [-0.1, -0.05) is 133 Å². The molecule has 12 rings (SSSR count). The Labute approximate surface area is 340 Å². The molecule has 0 bridgehead atoms. The van der Waals surface area contributed by atoms with Crippen molar-refractivity contribution in [3.63, 3.8) is 0 Å². The van der Waals surface area contributed by atoms with E-state index in [-0.39, 0.29) is 0 Å². The Kier molecular flexibility index (Phi) is 7.50. The van der Waals surface area contributed by atoms with Gasteiger partial charge >= 0.3 is 0 Å². The number of nitrogens with zero attached hydrogens (tertiary/aromatic N) is 3. The number of fused-ring (bicyclic) bond motifs is 7. The molecule has 0 radical (unpaired) electrons. The monoisotopic (exact) mass is 753 g/mol. The van der Waals surface area contributed by atoms with E-state index in [9.17, 15) is 0 Å². The Morgan fingerprint density at radius 3 is 1.58 bits per heavy atom. The molecule has 0 atom stereocenters. The zero-order valence-corrected chi connectivity index (χ0v) is 32.0. The summed E-state index contributed by atoms with van der Waals surface area (Å²) in [6, 6.07) is 75.7. The average Bonchev–Trinajstić information content (AvgIpc) is 3.99. The average molecular weight is 754 g/mol. The number of hydrogen-bond acceptors (Lipinski definition) is 2. The Morgan fingerprint density at radius 2 is 0.847 bits per heavy atom. The van der Waals surface area contributed by atoms with Gasteiger partial charge in [-0.25, -0.2) is 4.98 Å². The molecule has 0 unspecified atom stereocenters. The second-order valence-corrected chi connectivity index (χ2v) is 15.2. The molecule has 0 N–H and O–H groups in total. The minimum absolute atomic E-state index is 0.606. The molecule has 12 aromatic rings. The van der Waals surface area contributed by atoms with Crippen molar-refractivity contribution in [2.24, 2.45) is 0 Å². The van der Waals surface area contributed by atoms with Crippen molar-refractivity contribution in [3.8, 4) is 56.2 Å². The number of rotatable bonds is 6. The van der Waals surface area contributed by atoms with E-state index in [0.717, 1.165) is 55.6 Å². The van der Waals surface area contributed by atoms with E-state index in [1.54, 1.807) is 0 Å². The summed E-state index contributed by atoms with van der Waals surface area (Å²) in [6.07, 6.45) is 0. The molecular weight excluding hydrogens is 719 g/mol. The van der Waals surface area contributed by atoms with Crippen molar-refractivity contribution in [1.29, 1.82) is 0 Å². The molecule has 3 heterocycles. The van der Waals surface area contributed by atoms with Crippen LogP contribution in [0.1, 0.15) is 0 Å². The topological polar surface area (TPSA) is 35.9 Å². The van der Waals surface area contributed by atoms with E-state index in [1.807, 2.05) is 0 Å². The number of benzene rings is 9. The van der Waals surface area contributed by atoms with Crippen molar-refractivity contribution in [3.05, 3.63) is 212 Å². The third-order valence-corrected chi connectivity index (χ3v) is 11.8. The fraction of sp³-hybridized carbons (Fsp3) is 0. The molecule has 0 aliphatic heterocycles. The molecule has 0 spiro atoms. The van der Waals surface area contributed by atoms with Gasteiger partial charge < -0.3 is 13.6 Å². The first-order valence-corrected chi connectivity index (χ1v) is 20.0. The van der Waals surface area contributed by atoms with Gasteiger partial charge in [-0.2, -0.15) is 0 Å². The van der Waals surface area contributed by atoms with Crippen molar-refractivity contribution in [2.75, 3.05) is 0 Å². The minimum atomic E-state index is 0.606. The maximum Gasteiger partial charge on any atom is 0.227 e. The van der Waals surface area contributed by atoms with Crippen LogP contribution in [0.4, 0.5) is 0 Å². The van der Waals surface area contributed by atoms with Gasteiger partial charge in [0.15, 0.2) is 5.58 Å². The van der Waals surface area contributed by atoms with Gasteiger partial charge in [0.05, 0.1) is 27.8 Å². The fourth-order valence-corrected chi connectivity index (χ4v) is 8.99. The number of oxazole rings is 1. The highest BCUT2D eigenvalue weighted by Gasteiger charge is 2.19. The van der Waals surface area contributed by atoms with Crippen LogP contribution in [0.2, 0.25) is 0 Å². The second kappa shape index (κ2) is 13.3. The summed E-state index contributed by atoms with van der Waals surface area (Å²) in [7, 11) is 0. The highest BCUT2D eigenvalue weighted by molar-refractivity contribution is 6.12.